The molecule has 0 saturated heterocycles. The van der Waals surface area contributed by atoms with E-state index < -0.39 is 0 Å². The number of hydrogen-bond donors (Lipinski definition) is 1. The highest BCUT2D eigenvalue weighted by Gasteiger charge is 2.13. The Morgan fingerprint density at radius 2 is 1.94 bits per heavy atom. The topological polar surface area (TPSA) is 29.1 Å². The largest absolute Gasteiger partial charge is 0.325 e. The quantitative estimate of drug-likeness (QED) is 0.886. The molecule has 17 heavy (non-hydrogen) atoms. The lowest BCUT2D eigenvalue weighted by molar-refractivity contribution is -0.113. The minimum Gasteiger partial charge on any atom is -0.325 e. The second-order valence-electron chi connectivity index (χ2n) is 5.27. The van der Waals surface area contributed by atoms with Crippen LogP contribution in [0.5, 0.6) is 0 Å². The molecular formula is C14H21NOS. The van der Waals surface area contributed by atoms with Crippen molar-refractivity contribution < 1.29 is 4.79 Å². The van der Waals surface area contributed by atoms with Crippen LogP contribution in [0.2, 0.25) is 0 Å². The number of anilines is 1. The maximum Gasteiger partial charge on any atom is 0.234 e. The first-order chi connectivity index (χ1) is 7.78. The van der Waals surface area contributed by atoms with Crippen LogP contribution in [0.15, 0.2) is 18.2 Å². The Balaban J connectivity index is 2.59. The summed E-state index contributed by atoms with van der Waals surface area (Å²) in [7, 11) is 0. The lowest BCUT2D eigenvalue weighted by Crippen LogP contribution is -2.19. The summed E-state index contributed by atoms with van der Waals surface area (Å²) in [6, 6.07) is 6.09. The lowest BCUT2D eigenvalue weighted by Gasteiger charge is -2.17. The van der Waals surface area contributed by atoms with Gasteiger partial charge in [0.05, 0.1) is 5.75 Å². The van der Waals surface area contributed by atoms with E-state index in [0.29, 0.717) is 5.75 Å². The van der Waals surface area contributed by atoms with Crippen molar-refractivity contribution in [2.75, 3.05) is 11.1 Å². The number of rotatable bonds is 3. The molecule has 1 rings (SSSR count). The van der Waals surface area contributed by atoms with Crippen LogP contribution in [0.25, 0.3) is 0 Å². The summed E-state index contributed by atoms with van der Waals surface area (Å²) in [5.74, 6) is 0.565. The van der Waals surface area contributed by atoms with E-state index in [4.69, 9.17) is 0 Å². The predicted octanol–water partition coefficient (Wildman–Crippen LogP) is 3.77. The van der Waals surface area contributed by atoms with Crippen molar-refractivity contribution >= 4 is 23.4 Å². The minimum absolute atomic E-state index is 0.0682. The molecule has 0 atom stereocenters. The van der Waals surface area contributed by atoms with Gasteiger partial charge in [-0.25, -0.2) is 0 Å². The normalized spacial score (nSPS) is 11.4. The Morgan fingerprint density at radius 1 is 1.29 bits per heavy atom. The standard InChI is InChI=1S/C14H21NOS/c1-10-6-7-11(2)12(8-10)15-13(16)9-17-14(3,4)5/h6-8H,9H2,1-5H3,(H,15,16). The highest BCUT2D eigenvalue weighted by Crippen LogP contribution is 2.23. The Kier molecular flexibility index (Phi) is 4.63. The molecule has 0 saturated carbocycles. The highest BCUT2D eigenvalue weighted by molar-refractivity contribution is 8.01. The molecule has 1 N–H and O–H groups in total. The van der Waals surface area contributed by atoms with Crippen molar-refractivity contribution in [1.29, 1.82) is 0 Å². The van der Waals surface area contributed by atoms with Gasteiger partial charge in [-0.1, -0.05) is 32.9 Å². The molecule has 0 fully saturated rings. The maximum atomic E-state index is 11.8. The van der Waals surface area contributed by atoms with Gasteiger partial charge >= 0.3 is 0 Å². The first kappa shape index (κ1) is 14.1. The van der Waals surface area contributed by atoms with Crippen molar-refractivity contribution in [2.45, 2.75) is 39.4 Å². The van der Waals surface area contributed by atoms with Gasteiger partial charge in [-0.05, 0) is 31.0 Å². The van der Waals surface area contributed by atoms with E-state index in [2.05, 4.69) is 32.2 Å². The van der Waals surface area contributed by atoms with Gasteiger partial charge in [0, 0.05) is 10.4 Å². The van der Waals surface area contributed by atoms with Crippen LogP contribution in [0.1, 0.15) is 31.9 Å². The van der Waals surface area contributed by atoms with Crippen LogP contribution in [-0.4, -0.2) is 16.4 Å². The zero-order valence-electron chi connectivity index (χ0n) is 11.3. The molecule has 0 aliphatic carbocycles. The van der Waals surface area contributed by atoms with Crippen LogP contribution in [0.3, 0.4) is 0 Å². The van der Waals surface area contributed by atoms with Gasteiger partial charge in [-0.3, -0.25) is 4.79 Å². The van der Waals surface area contributed by atoms with Gasteiger partial charge in [0.15, 0.2) is 0 Å². The summed E-state index contributed by atoms with van der Waals surface area (Å²) < 4.78 is 0.124. The molecule has 0 unspecified atom stereocenters. The summed E-state index contributed by atoms with van der Waals surface area (Å²) in [5.41, 5.74) is 3.18. The zero-order chi connectivity index (χ0) is 13.1. The number of carbonyl (C=O) groups excluding carboxylic acids is 1. The van der Waals surface area contributed by atoms with Gasteiger partial charge in [-0.15, -0.1) is 11.8 Å². The number of thioether (sulfide) groups is 1. The van der Waals surface area contributed by atoms with E-state index in [0.717, 1.165) is 16.8 Å². The molecule has 3 heteroatoms. The van der Waals surface area contributed by atoms with Crippen molar-refractivity contribution in [2.24, 2.45) is 0 Å². The number of amides is 1. The average molecular weight is 251 g/mol. The summed E-state index contributed by atoms with van der Waals surface area (Å²) in [6.07, 6.45) is 0. The third-order valence-electron chi connectivity index (χ3n) is 2.30. The number of nitrogens with one attached hydrogen (secondary N) is 1. The Labute approximate surface area is 108 Å². The number of carbonyl (C=O) groups is 1. The molecule has 0 aliphatic heterocycles. The van der Waals surface area contributed by atoms with E-state index in [9.17, 15) is 4.79 Å². The highest BCUT2D eigenvalue weighted by atomic mass is 32.2. The van der Waals surface area contributed by atoms with Crippen molar-refractivity contribution in [3.05, 3.63) is 29.3 Å². The number of benzene rings is 1. The van der Waals surface area contributed by atoms with Crippen molar-refractivity contribution in [3.63, 3.8) is 0 Å². The summed E-state index contributed by atoms with van der Waals surface area (Å²) in [5, 5.41) is 2.96. The average Bonchev–Trinajstić information content (AvgIpc) is 2.20. The molecule has 0 aliphatic rings. The smallest absolute Gasteiger partial charge is 0.234 e. The maximum absolute atomic E-state index is 11.8. The number of aryl methyl sites for hydroxylation is 2. The fourth-order valence-corrected chi connectivity index (χ4v) is 1.98. The molecule has 1 aromatic carbocycles. The zero-order valence-corrected chi connectivity index (χ0v) is 12.1. The molecule has 1 amide bonds. The summed E-state index contributed by atoms with van der Waals surface area (Å²) in [4.78, 5) is 11.8. The Hall–Kier alpha value is -0.960. The number of hydrogen-bond acceptors (Lipinski definition) is 2. The second kappa shape index (κ2) is 5.58. The van der Waals surface area contributed by atoms with Crippen LogP contribution in [0.4, 0.5) is 5.69 Å². The summed E-state index contributed by atoms with van der Waals surface area (Å²) >= 11 is 1.66. The van der Waals surface area contributed by atoms with E-state index in [1.807, 2.05) is 26.0 Å². The van der Waals surface area contributed by atoms with Crippen LogP contribution in [-0.2, 0) is 4.79 Å². The first-order valence-corrected chi connectivity index (χ1v) is 6.77. The van der Waals surface area contributed by atoms with Gasteiger partial charge in [0.2, 0.25) is 5.91 Å². The molecule has 0 radical (unpaired) electrons. The molecule has 1 aromatic rings. The van der Waals surface area contributed by atoms with Gasteiger partial charge in [0.25, 0.3) is 0 Å². The van der Waals surface area contributed by atoms with Crippen LogP contribution < -0.4 is 5.32 Å². The van der Waals surface area contributed by atoms with Gasteiger partial charge in [-0.2, -0.15) is 0 Å². The second-order valence-corrected chi connectivity index (χ2v) is 7.07. The van der Waals surface area contributed by atoms with E-state index in [1.165, 1.54) is 0 Å². The van der Waals surface area contributed by atoms with Crippen molar-refractivity contribution in [3.8, 4) is 0 Å². The van der Waals surface area contributed by atoms with E-state index in [-0.39, 0.29) is 10.7 Å². The van der Waals surface area contributed by atoms with Gasteiger partial charge < -0.3 is 5.32 Å². The van der Waals surface area contributed by atoms with Gasteiger partial charge in [0.1, 0.15) is 0 Å². The molecule has 0 spiro atoms. The molecule has 0 heterocycles. The van der Waals surface area contributed by atoms with Crippen molar-refractivity contribution in [1.82, 2.24) is 0 Å². The fraction of sp³-hybridized carbons (Fsp3) is 0.500. The molecular weight excluding hydrogens is 230 g/mol. The molecule has 0 bridgehead atoms. The predicted molar refractivity (Wildman–Crippen MR) is 76.8 cm³/mol. The van der Waals surface area contributed by atoms with Crippen LogP contribution >= 0.6 is 11.8 Å². The third kappa shape index (κ3) is 5.26. The van der Waals surface area contributed by atoms with E-state index in [1.54, 1.807) is 11.8 Å². The minimum atomic E-state index is 0.0682. The fourth-order valence-electron chi connectivity index (χ4n) is 1.34. The van der Waals surface area contributed by atoms with E-state index >= 15 is 0 Å². The summed E-state index contributed by atoms with van der Waals surface area (Å²) in [6.45, 7) is 10.4. The third-order valence-corrected chi connectivity index (χ3v) is 3.58. The molecule has 94 valence electrons. The SMILES string of the molecule is Cc1ccc(C)c(NC(=O)CSC(C)(C)C)c1. The monoisotopic (exact) mass is 251 g/mol. The Bertz CT molecular complexity index is 407. The molecule has 0 aromatic heterocycles. The lowest BCUT2D eigenvalue weighted by atomic mass is 10.1. The van der Waals surface area contributed by atoms with Crippen LogP contribution in [0, 0.1) is 13.8 Å². The first-order valence-electron chi connectivity index (χ1n) is 5.79. The Morgan fingerprint density at radius 3 is 2.53 bits per heavy atom. The molecule has 2 nitrogen and oxygen atoms in total.